The highest BCUT2D eigenvalue weighted by Gasteiger charge is 2.22. The number of hydrogen-bond acceptors (Lipinski definition) is 3. The Hall–Kier alpha value is -1.36. The number of rotatable bonds is 5. The Balaban J connectivity index is 2.73. The second-order valence-electron chi connectivity index (χ2n) is 4.43. The van der Waals surface area contributed by atoms with Crippen molar-refractivity contribution in [3.05, 3.63) is 21.4 Å². The van der Waals surface area contributed by atoms with Crippen LogP contribution < -0.4 is 5.32 Å². The number of aliphatic carboxylic acids is 1. The van der Waals surface area contributed by atoms with Crippen molar-refractivity contribution in [3.8, 4) is 0 Å². The molecule has 0 spiro atoms. The summed E-state index contributed by atoms with van der Waals surface area (Å²) in [6.45, 7) is 7.33. The van der Waals surface area contributed by atoms with Crippen molar-refractivity contribution >= 4 is 23.2 Å². The highest BCUT2D eigenvalue weighted by molar-refractivity contribution is 7.14. The van der Waals surface area contributed by atoms with Gasteiger partial charge < -0.3 is 10.4 Å². The molecule has 0 aliphatic heterocycles. The summed E-state index contributed by atoms with van der Waals surface area (Å²) in [6.07, 6.45) is 0.899. The van der Waals surface area contributed by atoms with Gasteiger partial charge in [0.1, 0.15) is 0 Å². The summed E-state index contributed by atoms with van der Waals surface area (Å²) in [6, 6.07) is 1.50. The first kappa shape index (κ1) is 14.7. The summed E-state index contributed by atoms with van der Waals surface area (Å²) in [5.41, 5.74) is 1.17. The molecule has 1 heterocycles. The minimum atomic E-state index is -0.903. The monoisotopic (exact) mass is 269 g/mol. The number of carboxylic acids is 1. The van der Waals surface area contributed by atoms with E-state index in [1.165, 1.54) is 16.9 Å². The largest absolute Gasteiger partial charge is 0.481 e. The molecule has 1 aromatic rings. The third kappa shape index (κ3) is 3.32. The number of carbonyl (C=O) groups excluding carboxylic acids is 1. The van der Waals surface area contributed by atoms with Gasteiger partial charge in [-0.2, -0.15) is 0 Å². The van der Waals surface area contributed by atoms with Crippen molar-refractivity contribution in [2.75, 3.05) is 0 Å². The lowest BCUT2D eigenvalue weighted by Gasteiger charge is -2.17. The molecule has 2 unspecified atom stereocenters. The molecule has 0 saturated heterocycles. The molecule has 0 aliphatic rings. The van der Waals surface area contributed by atoms with Gasteiger partial charge in [-0.3, -0.25) is 9.59 Å². The smallest absolute Gasteiger partial charge is 0.308 e. The van der Waals surface area contributed by atoms with Crippen LogP contribution in [0, 0.1) is 12.8 Å². The fourth-order valence-corrected chi connectivity index (χ4v) is 2.62. The van der Waals surface area contributed by atoms with E-state index in [2.05, 4.69) is 5.32 Å². The molecule has 1 amide bonds. The van der Waals surface area contributed by atoms with E-state index >= 15 is 0 Å². The maximum atomic E-state index is 12.0. The zero-order chi connectivity index (χ0) is 13.9. The molecule has 2 atom stereocenters. The van der Waals surface area contributed by atoms with Crippen LogP contribution in [0.25, 0.3) is 0 Å². The minimum absolute atomic E-state index is 0.191. The van der Waals surface area contributed by atoms with Gasteiger partial charge in [0.15, 0.2) is 0 Å². The zero-order valence-corrected chi connectivity index (χ0v) is 11.9. The number of aryl methyl sites for hydroxylation is 2. The summed E-state index contributed by atoms with van der Waals surface area (Å²) < 4.78 is 0. The van der Waals surface area contributed by atoms with Gasteiger partial charge in [-0.15, -0.1) is 11.3 Å². The second kappa shape index (κ2) is 6.00. The van der Waals surface area contributed by atoms with Crippen LogP contribution in [0.5, 0.6) is 0 Å². The van der Waals surface area contributed by atoms with Crippen molar-refractivity contribution in [2.45, 2.75) is 40.2 Å². The summed E-state index contributed by atoms with van der Waals surface area (Å²) >= 11 is 1.45. The first-order valence-corrected chi connectivity index (χ1v) is 6.81. The molecule has 4 nitrogen and oxygen atoms in total. The van der Waals surface area contributed by atoms with E-state index in [9.17, 15) is 9.59 Å². The van der Waals surface area contributed by atoms with Gasteiger partial charge in [-0.05, 0) is 38.8 Å². The predicted molar refractivity (Wildman–Crippen MR) is 72.2 cm³/mol. The van der Waals surface area contributed by atoms with E-state index in [4.69, 9.17) is 5.11 Å². The third-order valence-corrected chi connectivity index (χ3v) is 4.22. The van der Waals surface area contributed by atoms with E-state index in [0.717, 1.165) is 11.3 Å². The van der Waals surface area contributed by atoms with Gasteiger partial charge in [-0.1, -0.05) is 6.92 Å². The van der Waals surface area contributed by atoms with Crippen LogP contribution in [0.1, 0.15) is 40.9 Å². The van der Waals surface area contributed by atoms with E-state index in [1.807, 2.05) is 19.9 Å². The van der Waals surface area contributed by atoms with Crippen LogP contribution in [-0.2, 0) is 11.2 Å². The average Bonchev–Trinajstić information content (AvgIpc) is 2.69. The van der Waals surface area contributed by atoms with E-state index < -0.39 is 11.9 Å². The number of carbonyl (C=O) groups is 2. The van der Waals surface area contributed by atoms with Crippen LogP contribution in [0.4, 0.5) is 0 Å². The SMILES string of the molecule is CCc1cc(C(=O)NC(C)C(C)C(=O)O)sc1C. The summed E-state index contributed by atoms with van der Waals surface area (Å²) in [7, 11) is 0. The van der Waals surface area contributed by atoms with E-state index in [0.29, 0.717) is 4.88 Å². The van der Waals surface area contributed by atoms with Gasteiger partial charge in [0.05, 0.1) is 10.8 Å². The quantitative estimate of drug-likeness (QED) is 0.863. The number of amides is 1. The van der Waals surface area contributed by atoms with Crippen molar-refractivity contribution in [1.82, 2.24) is 5.32 Å². The molecule has 1 rings (SSSR count). The van der Waals surface area contributed by atoms with Crippen LogP contribution in [0.15, 0.2) is 6.07 Å². The lowest BCUT2D eigenvalue weighted by molar-refractivity contribution is -0.141. The minimum Gasteiger partial charge on any atom is -0.481 e. The normalized spacial score (nSPS) is 14.0. The molecule has 0 aromatic carbocycles. The van der Waals surface area contributed by atoms with Crippen LogP contribution >= 0.6 is 11.3 Å². The van der Waals surface area contributed by atoms with Crippen LogP contribution in [-0.4, -0.2) is 23.0 Å². The fraction of sp³-hybridized carbons (Fsp3) is 0.538. The summed E-state index contributed by atoms with van der Waals surface area (Å²) in [4.78, 5) is 24.6. The summed E-state index contributed by atoms with van der Waals surface area (Å²) in [5.74, 6) is -1.69. The Morgan fingerprint density at radius 3 is 2.50 bits per heavy atom. The molecule has 2 N–H and O–H groups in total. The lowest BCUT2D eigenvalue weighted by Crippen LogP contribution is -2.39. The molecular weight excluding hydrogens is 250 g/mol. The standard InChI is InChI=1S/C13H19NO3S/c1-5-10-6-11(18-9(10)4)12(15)14-8(3)7(2)13(16)17/h6-8H,5H2,1-4H3,(H,14,15)(H,16,17). The van der Waals surface area contributed by atoms with Gasteiger partial charge in [0, 0.05) is 10.9 Å². The van der Waals surface area contributed by atoms with Gasteiger partial charge in [0.2, 0.25) is 0 Å². The molecule has 0 saturated carbocycles. The topological polar surface area (TPSA) is 66.4 Å². The molecule has 100 valence electrons. The van der Waals surface area contributed by atoms with Crippen LogP contribution in [0.3, 0.4) is 0 Å². The predicted octanol–water partition coefficient (Wildman–Crippen LogP) is 2.46. The first-order valence-electron chi connectivity index (χ1n) is 5.99. The Kier molecular flexibility index (Phi) is 4.90. The number of thiophene rings is 1. The summed E-state index contributed by atoms with van der Waals surface area (Å²) in [5, 5.41) is 11.6. The molecular formula is C13H19NO3S. The first-order chi connectivity index (χ1) is 8.36. The highest BCUT2D eigenvalue weighted by Crippen LogP contribution is 2.22. The Morgan fingerprint density at radius 1 is 1.44 bits per heavy atom. The second-order valence-corrected chi connectivity index (χ2v) is 5.69. The number of nitrogens with one attached hydrogen (secondary N) is 1. The molecule has 18 heavy (non-hydrogen) atoms. The molecule has 0 aliphatic carbocycles. The van der Waals surface area contributed by atoms with Crippen molar-refractivity contribution < 1.29 is 14.7 Å². The molecule has 0 fully saturated rings. The average molecular weight is 269 g/mol. The molecule has 0 radical (unpaired) electrons. The third-order valence-electron chi connectivity index (χ3n) is 3.12. The van der Waals surface area contributed by atoms with E-state index in [-0.39, 0.29) is 11.9 Å². The highest BCUT2D eigenvalue weighted by atomic mass is 32.1. The maximum absolute atomic E-state index is 12.0. The van der Waals surface area contributed by atoms with Gasteiger partial charge in [0.25, 0.3) is 5.91 Å². The zero-order valence-electron chi connectivity index (χ0n) is 11.1. The molecule has 0 bridgehead atoms. The maximum Gasteiger partial charge on any atom is 0.308 e. The Morgan fingerprint density at radius 2 is 2.06 bits per heavy atom. The number of carboxylic acid groups (broad SMARTS) is 1. The number of hydrogen-bond donors (Lipinski definition) is 2. The Bertz CT molecular complexity index is 453. The van der Waals surface area contributed by atoms with Crippen molar-refractivity contribution in [1.29, 1.82) is 0 Å². The fourth-order valence-electron chi connectivity index (χ4n) is 1.60. The Labute approximate surface area is 111 Å². The molecule has 1 aromatic heterocycles. The van der Waals surface area contributed by atoms with E-state index in [1.54, 1.807) is 13.8 Å². The van der Waals surface area contributed by atoms with Crippen LogP contribution in [0.2, 0.25) is 0 Å². The lowest BCUT2D eigenvalue weighted by atomic mass is 10.0. The molecule has 5 heteroatoms. The van der Waals surface area contributed by atoms with Gasteiger partial charge in [-0.25, -0.2) is 0 Å². The van der Waals surface area contributed by atoms with Crippen molar-refractivity contribution in [2.24, 2.45) is 5.92 Å². The van der Waals surface area contributed by atoms with Gasteiger partial charge >= 0.3 is 5.97 Å². The van der Waals surface area contributed by atoms with Crippen molar-refractivity contribution in [3.63, 3.8) is 0 Å².